The molecule has 1 fully saturated rings. The highest BCUT2D eigenvalue weighted by Gasteiger charge is 2.21. The molecule has 4 rings (SSSR count). The van der Waals surface area contributed by atoms with Crippen LogP contribution in [0.25, 0.3) is 0 Å². The summed E-state index contributed by atoms with van der Waals surface area (Å²) < 4.78 is 6.82. The molecule has 0 saturated carbocycles. The van der Waals surface area contributed by atoms with Crippen molar-refractivity contribution in [2.24, 2.45) is 0 Å². The van der Waals surface area contributed by atoms with Crippen LogP contribution < -0.4 is 10.5 Å². The van der Waals surface area contributed by atoms with Crippen LogP contribution in [0.1, 0.15) is 37.2 Å². The summed E-state index contributed by atoms with van der Waals surface area (Å²) in [6.45, 7) is 8.48. The van der Waals surface area contributed by atoms with Gasteiger partial charge in [0.15, 0.2) is 5.82 Å². The van der Waals surface area contributed by atoms with Crippen molar-refractivity contribution in [1.29, 1.82) is 0 Å². The van der Waals surface area contributed by atoms with Crippen molar-refractivity contribution in [3.05, 3.63) is 64.3 Å². The van der Waals surface area contributed by atoms with E-state index in [0.717, 1.165) is 43.5 Å². The van der Waals surface area contributed by atoms with Crippen LogP contribution in [0, 0.1) is 0 Å². The summed E-state index contributed by atoms with van der Waals surface area (Å²) in [6, 6.07) is 9.02. The van der Waals surface area contributed by atoms with Crippen LogP contribution >= 0.6 is 0 Å². The molecule has 152 valence electrons. The van der Waals surface area contributed by atoms with Gasteiger partial charge in [0.05, 0.1) is 18.8 Å². The molecule has 3 aromatic rings. The molecule has 0 radical (unpaired) electrons. The lowest BCUT2D eigenvalue weighted by molar-refractivity contribution is 0.214. The molecule has 0 bridgehead atoms. The molecule has 0 aliphatic carbocycles. The van der Waals surface area contributed by atoms with Crippen molar-refractivity contribution in [3.63, 3.8) is 0 Å². The van der Waals surface area contributed by atoms with E-state index in [9.17, 15) is 4.79 Å². The van der Waals surface area contributed by atoms with Gasteiger partial charge in [-0.2, -0.15) is 10.1 Å². The van der Waals surface area contributed by atoms with E-state index in [1.54, 1.807) is 18.3 Å². The first-order valence-electron chi connectivity index (χ1n) is 9.86. The Labute approximate surface area is 169 Å². The van der Waals surface area contributed by atoms with E-state index in [0.29, 0.717) is 19.0 Å². The van der Waals surface area contributed by atoms with Crippen molar-refractivity contribution >= 4 is 5.82 Å². The molecule has 0 unspecified atom stereocenters. The van der Waals surface area contributed by atoms with Gasteiger partial charge in [0.1, 0.15) is 5.82 Å². The highest BCUT2D eigenvalue weighted by Crippen LogP contribution is 2.15. The number of anilines is 1. The molecule has 0 spiro atoms. The molecule has 9 heteroatoms. The van der Waals surface area contributed by atoms with Gasteiger partial charge in [-0.3, -0.25) is 14.7 Å². The summed E-state index contributed by atoms with van der Waals surface area (Å²) in [7, 11) is 0. The van der Waals surface area contributed by atoms with Crippen LogP contribution in [-0.4, -0.2) is 56.0 Å². The smallest absolute Gasteiger partial charge is 0.267 e. The minimum absolute atomic E-state index is 0.129. The molecule has 0 N–H and O–H groups in total. The predicted molar refractivity (Wildman–Crippen MR) is 108 cm³/mol. The van der Waals surface area contributed by atoms with Gasteiger partial charge in [0.2, 0.25) is 5.89 Å². The molecular formula is C20H25N7O2. The lowest BCUT2D eigenvalue weighted by Crippen LogP contribution is -2.46. The number of rotatable bonds is 6. The molecule has 9 nitrogen and oxygen atoms in total. The van der Waals surface area contributed by atoms with Crippen molar-refractivity contribution in [2.75, 3.05) is 31.1 Å². The second-order valence-electron chi connectivity index (χ2n) is 7.47. The third kappa shape index (κ3) is 4.68. The van der Waals surface area contributed by atoms with Gasteiger partial charge in [-0.15, -0.1) is 0 Å². The molecule has 3 aromatic heterocycles. The summed E-state index contributed by atoms with van der Waals surface area (Å²) in [5.41, 5.74) is 0.680. The maximum Gasteiger partial charge on any atom is 0.267 e. The van der Waals surface area contributed by atoms with Gasteiger partial charge in [0.25, 0.3) is 5.56 Å². The van der Waals surface area contributed by atoms with Crippen molar-refractivity contribution in [1.82, 2.24) is 29.8 Å². The molecular weight excluding hydrogens is 370 g/mol. The minimum Gasteiger partial charge on any atom is -0.353 e. The van der Waals surface area contributed by atoms with Gasteiger partial charge in [-0.1, -0.05) is 25.1 Å². The zero-order chi connectivity index (χ0) is 20.2. The maximum absolute atomic E-state index is 12.2. The number of hydrogen-bond acceptors (Lipinski definition) is 8. The molecule has 29 heavy (non-hydrogen) atoms. The topological polar surface area (TPSA) is 93.2 Å². The largest absolute Gasteiger partial charge is 0.353 e. The number of pyridine rings is 1. The number of nitrogens with zero attached hydrogens (tertiary/aromatic N) is 7. The second kappa shape index (κ2) is 8.52. The molecule has 1 saturated heterocycles. The fraction of sp³-hybridized carbons (Fsp3) is 0.450. The summed E-state index contributed by atoms with van der Waals surface area (Å²) in [6.07, 6.45) is 1.72. The van der Waals surface area contributed by atoms with Gasteiger partial charge < -0.3 is 9.42 Å². The van der Waals surface area contributed by atoms with E-state index in [4.69, 9.17) is 4.52 Å². The Kier molecular flexibility index (Phi) is 5.66. The van der Waals surface area contributed by atoms with E-state index >= 15 is 0 Å². The third-order valence-corrected chi connectivity index (χ3v) is 4.95. The first kappa shape index (κ1) is 19.3. The van der Waals surface area contributed by atoms with E-state index in [2.05, 4.69) is 30.0 Å². The summed E-state index contributed by atoms with van der Waals surface area (Å²) in [5.74, 6) is 2.47. The Morgan fingerprint density at radius 2 is 1.90 bits per heavy atom. The number of hydrogen-bond donors (Lipinski definition) is 0. The van der Waals surface area contributed by atoms with Crippen LogP contribution in [-0.2, 0) is 13.1 Å². The van der Waals surface area contributed by atoms with Crippen molar-refractivity contribution in [3.8, 4) is 0 Å². The molecule has 0 aromatic carbocycles. The van der Waals surface area contributed by atoms with Crippen LogP contribution in [0.3, 0.4) is 0 Å². The van der Waals surface area contributed by atoms with Crippen LogP contribution in [0.15, 0.2) is 45.8 Å². The lowest BCUT2D eigenvalue weighted by atomic mass is 10.2. The van der Waals surface area contributed by atoms with Crippen LogP contribution in [0.5, 0.6) is 0 Å². The highest BCUT2D eigenvalue weighted by atomic mass is 16.5. The zero-order valence-corrected chi connectivity index (χ0v) is 16.7. The molecule has 1 aliphatic heterocycles. The van der Waals surface area contributed by atoms with Gasteiger partial charge in [0, 0.05) is 44.4 Å². The van der Waals surface area contributed by atoms with Gasteiger partial charge >= 0.3 is 0 Å². The third-order valence-electron chi connectivity index (χ3n) is 4.95. The molecule has 1 aliphatic rings. The van der Waals surface area contributed by atoms with Crippen molar-refractivity contribution < 1.29 is 4.52 Å². The van der Waals surface area contributed by atoms with E-state index in [1.807, 2.05) is 32.0 Å². The highest BCUT2D eigenvalue weighted by molar-refractivity contribution is 5.37. The minimum atomic E-state index is -0.129. The summed E-state index contributed by atoms with van der Waals surface area (Å²) in [5, 5.41) is 8.58. The fourth-order valence-corrected chi connectivity index (χ4v) is 3.26. The quantitative estimate of drug-likeness (QED) is 0.620. The van der Waals surface area contributed by atoms with E-state index in [-0.39, 0.29) is 11.5 Å². The Balaban J connectivity index is 1.38. The summed E-state index contributed by atoms with van der Waals surface area (Å²) in [4.78, 5) is 25.4. The van der Waals surface area contributed by atoms with Crippen LogP contribution in [0.2, 0.25) is 0 Å². The Bertz CT molecular complexity index is 991. The molecule has 0 amide bonds. The second-order valence-corrected chi connectivity index (χ2v) is 7.47. The molecule has 4 heterocycles. The van der Waals surface area contributed by atoms with E-state index in [1.165, 1.54) is 4.68 Å². The van der Waals surface area contributed by atoms with Gasteiger partial charge in [-0.25, -0.2) is 4.68 Å². The maximum atomic E-state index is 12.2. The first-order chi connectivity index (χ1) is 14.1. The SMILES string of the molecule is CC(C)c1noc(CN2CCN(c3ccc(=O)n(Cc4ccccn4)n3)CC2)n1. The monoisotopic (exact) mass is 395 g/mol. The lowest BCUT2D eigenvalue weighted by Gasteiger charge is -2.34. The Morgan fingerprint density at radius 3 is 2.59 bits per heavy atom. The summed E-state index contributed by atoms with van der Waals surface area (Å²) >= 11 is 0. The first-order valence-corrected chi connectivity index (χ1v) is 9.86. The zero-order valence-electron chi connectivity index (χ0n) is 16.7. The fourth-order valence-electron chi connectivity index (χ4n) is 3.26. The average Bonchev–Trinajstić information content (AvgIpc) is 3.20. The number of piperazine rings is 1. The Hall–Kier alpha value is -3.07. The normalized spacial score (nSPS) is 15.2. The molecule has 0 atom stereocenters. The van der Waals surface area contributed by atoms with Crippen molar-refractivity contribution in [2.45, 2.75) is 32.9 Å². The number of aromatic nitrogens is 5. The predicted octanol–water partition coefficient (Wildman–Crippen LogP) is 1.52. The van der Waals surface area contributed by atoms with E-state index < -0.39 is 0 Å². The van der Waals surface area contributed by atoms with Crippen LogP contribution in [0.4, 0.5) is 5.82 Å². The average molecular weight is 395 g/mol. The van der Waals surface area contributed by atoms with Gasteiger partial charge in [-0.05, 0) is 18.2 Å². The standard InChI is InChI=1S/C20H25N7O2/c1-15(2)20-22-18(29-24-20)14-25-9-11-26(12-10-25)17-6-7-19(28)27(23-17)13-16-5-3-4-8-21-16/h3-8,15H,9-14H2,1-2H3. The Morgan fingerprint density at radius 1 is 1.07 bits per heavy atom.